The molecule has 0 saturated carbocycles. The van der Waals surface area contributed by atoms with E-state index in [1.807, 2.05) is 6.92 Å². The van der Waals surface area contributed by atoms with Crippen LogP contribution < -0.4 is 5.32 Å². The van der Waals surface area contributed by atoms with Crippen molar-refractivity contribution in [1.82, 2.24) is 5.32 Å². The van der Waals surface area contributed by atoms with Crippen LogP contribution in [0.5, 0.6) is 0 Å². The van der Waals surface area contributed by atoms with E-state index in [1.165, 1.54) is 6.07 Å². The molecule has 0 spiro atoms. The third-order valence-corrected chi connectivity index (χ3v) is 2.95. The van der Waals surface area contributed by atoms with Crippen molar-refractivity contribution in [2.45, 2.75) is 18.8 Å². The summed E-state index contributed by atoms with van der Waals surface area (Å²) in [7, 11) is 0. The molecule has 0 radical (unpaired) electrons. The molecule has 0 amide bonds. The third-order valence-electron chi connectivity index (χ3n) is 2.95. The van der Waals surface area contributed by atoms with Crippen molar-refractivity contribution in [3.8, 4) is 0 Å². The fourth-order valence-electron chi connectivity index (χ4n) is 2.03. The van der Waals surface area contributed by atoms with Crippen LogP contribution >= 0.6 is 0 Å². The van der Waals surface area contributed by atoms with Gasteiger partial charge in [0, 0.05) is 18.0 Å². The van der Waals surface area contributed by atoms with Gasteiger partial charge in [-0.15, -0.1) is 0 Å². The molecule has 1 aliphatic heterocycles. The second-order valence-electron chi connectivity index (χ2n) is 4.11. The Bertz CT molecular complexity index is 343. The summed E-state index contributed by atoms with van der Waals surface area (Å²) in [6, 6.07) is 3.83. The minimum Gasteiger partial charge on any atom is -0.316 e. The molecule has 1 saturated heterocycles. The molecular weight excluding hydrogens is 184 g/mol. The topological polar surface area (TPSA) is 12.0 Å². The standard InChI is InChI=1S/C11H13F2N/c1-11(4-5-14-7-11)9-3-2-8(12)6-10(9)13/h2-3,6,14H,4-5,7H2,1H3. The molecule has 1 aromatic rings. The summed E-state index contributed by atoms with van der Waals surface area (Å²) in [6.07, 6.45) is 0.898. The first kappa shape index (κ1) is 9.59. The Kier molecular flexibility index (Phi) is 2.27. The Morgan fingerprint density at radius 2 is 2.14 bits per heavy atom. The highest BCUT2D eigenvalue weighted by molar-refractivity contribution is 5.28. The van der Waals surface area contributed by atoms with Crippen LogP contribution in [0, 0.1) is 11.6 Å². The van der Waals surface area contributed by atoms with Gasteiger partial charge < -0.3 is 5.32 Å². The second-order valence-corrected chi connectivity index (χ2v) is 4.11. The lowest BCUT2D eigenvalue weighted by molar-refractivity contribution is 0.476. The van der Waals surface area contributed by atoms with Gasteiger partial charge in [-0.05, 0) is 24.6 Å². The summed E-state index contributed by atoms with van der Waals surface area (Å²) in [5, 5.41) is 3.19. The fourth-order valence-corrected chi connectivity index (χ4v) is 2.03. The van der Waals surface area contributed by atoms with Gasteiger partial charge in [-0.1, -0.05) is 13.0 Å². The maximum absolute atomic E-state index is 13.5. The highest BCUT2D eigenvalue weighted by Gasteiger charge is 2.32. The molecule has 14 heavy (non-hydrogen) atoms. The first-order chi connectivity index (χ1) is 6.62. The van der Waals surface area contributed by atoms with E-state index in [0.717, 1.165) is 25.6 Å². The van der Waals surface area contributed by atoms with Gasteiger partial charge in [0.25, 0.3) is 0 Å². The lowest BCUT2D eigenvalue weighted by Gasteiger charge is -2.23. The summed E-state index contributed by atoms with van der Waals surface area (Å²) in [5.41, 5.74) is 0.432. The van der Waals surface area contributed by atoms with E-state index >= 15 is 0 Å². The fraction of sp³-hybridized carbons (Fsp3) is 0.455. The highest BCUT2D eigenvalue weighted by Crippen LogP contribution is 2.31. The van der Waals surface area contributed by atoms with Crippen LogP contribution in [-0.4, -0.2) is 13.1 Å². The Balaban J connectivity index is 2.40. The van der Waals surface area contributed by atoms with E-state index in [4.69, 9.17) is 0 Å². The van der Waals surface area contributed by atoms with Crippen LogP contribution in [0.4, 0.5) is 8.78 Å². The lowest BCUT2D eigenvalue weighted by atomic mass is 9.81. The molecule has 1 nitrogen and oxygen atoms in total. The lowest BCUT2D eigenvalue weighted by Crippen LogP contribution is -2.26. The molecule has 0 aromatic heterocycles. The van der Waals surface area contributed by atoms with Gasteiger partial charge in [0.05, 0.1) is 0 Å². The van der Waals surface area contributed by atoms with Gasteiger partial charge in [0.15, 0.2) is 0 Å². The van der Waals surface area contributed by atoms with Gasteiger partial charge in [-0.25, -0.2) is 8.78 Å². The van der Waals surface area contributed by atoms with E-state index in [0.29, 0.717) is 5.56 Å². The average molecular weight is 197 g/mol. The molecule has 1 fully saturated rings. The Morgan fingerprint density at radius 3 is 2.71 bits per heavy atom. The molecule has 1 aliphatic rings. The van der Waals surface area contributed by atoms with Crippen molar-refractivity contribution >= 4 is 0 Å². The van der Waals surface area contributed by atoms with Crippen molar-refractivity contribution in [3.63, 3.8) is 0 Å². The minimum atomic E-state index is -0.513. The first-order valence-electron chi connectivity index (χ1n) is 4.78. The molecule has 1 unspecified atom stereocenters. The Labute approximate surface area is 82.1 Å². The summed E-state index contributed by atoms with van der Waals surface area (Å²) in [6.45, 7) is 3.66. The summed E-state index contributed by atoms with van der Waals surface area (Å²) < 4.78 is 26.2. The molecule has 1 N–H and O–H groups in total. The van der Waals surface area contributed by atoms with Crippen LogP contribution in [0.1, 0.15) is 18.9 Å². The largest absolute Gasteiger partial charge is 0.316 e. The van der Waals surface area contributed by atoms with E-state index in [1.54, 1.807) is 6.07 Å². The van der Waals surface area contributed by atoms with E-state index in [9.17, 15) is 8.78 Å². The van der Waals surface area contributed by atoms with E-state index in [-0.39, 0.29) is 5.41 Å². The van der Waals surface area contributed by atoms with Gasteiger partial charge >= 0.3 is 0 Å². The quantitative estimate of drug-likeness (QED) is 0.727. The second kappa shape index (κ2) is 3.31. The Morgan fingerprint density at radius 1 is 1.36 bits per heavy atom. The zero-order valence-electron chi connectivity index (χ0n) is 8.11. The van der Waals surface area contributed by atoms with Crippen molar-refractivity contribution < 1.29 is 8.78 Å². The van der Waals surface area contributed by atoms with Crippen molar-refractivity contribution in [2.75, 3.05) is 13.1 Å². The zero-order valence-corrected chi connectivity index (χ0v) is 8.11. The molecule has 2 rings (SSSR count). The van der Waals surface area contributed by atoms with Crippen LogP contribution in [0.3, 0.4) is 0 Å². The molecule has 1 aromatic carbocycles. The molecule has 0 bridgehead atoms. The maximum atomic E-state index is 13.5. The smallest absolute Gasteiger partial charge is 0.129 e. The monoisotopic (exact) mass is 197 g/mol. The van der Waals surface area contributed by atoms with Gasteiger partial charge in [0.1, 0.15) is 11.6 Å². The molecular formula is C11H13F2N. The van der Waals surface area contributed by atoms with Crippen molar-refractivity contribution in [3.05, 3.63) is 35.4 Å². The number of halogens is 2. The number of hydrogen-bond acceptors (Lipinski definition) is 1. The number of hydrogen-bond donors (Lipinski definition) is 1. The normalized spacial score (nSPS) is 26.8. The SMILES string of the molecule is CC1(c2ccc(F)cc2F)CCNC1. The number of rotatable bonds is 1. The van der Waals surface area contributed by atoms with Gasteiger partial charge in [-0.2, -0.15) is 0 Å². The van der Waals surface area contributed by atoms with Gasteiger partial charge in [-0.3, -0.25) is 0 Å². The van der Waals surface area contributed by atoms with E-state index in [2.05, 4.69) is 5.32 Å². The average Bonchev–Trinajstić information content (AvgIpc) is 2.52. The van der Waals surface area contributed by atoms with Crippen LogP contribution in [0.25, 0.3) is 0 Å². The number of benzene rings is 1. The number of nitrogens with one attached hydrogen (secondary N) is 1. The Hall–Kier alpha value is -0.960. The molecule has 3 heteroatoms. The predicted molar refractivity (Wildman–Crippen MR) is 51.2 cm³/mol. The van der Waals surface area contributed by atoms with Crippen LogP contribution in [0.15, 0.2) is 18.2 Å². The maximum Gasteiger partial charge on any atom is 0.129 e. The first-order valence-corrected chi connectivity index (χ1v) is 4.78. The predicted octanol–water partition coefficient (Wildman–Crippen LogP) is 2.22. The summed E-state index contributed by atoms with van der Waals surface area (Å²) >= 11 is 0. The van der Waals surface area contributed by atoms with Crippen LogP contribution in [0.2, 0.25) is 0 Å². The van der Waals surface area contributed by atoms with Crippen molar-refractivity contribution in [2.24, 2.45) is 0 Å². The molecule has 1 atom stereocenters. The van der Waals surface area contributed by atoms with Crippen molar-refractivity contribution in [1.29, 1.82) is 0 Å². The molecule has 76 valence electrons. The zero-order chi connectivity index (χ0) is 10.2. The van der Waals surface area contributed by atoms with Crippen LogP contribution in [-0.2, 0) is 5.41 Å². The third kappa shape index (κ3) is 1.52. The molecule has 1 heterocycles. The van der Waals surface area contributed by atoms with E-state index < -0.39 is 11.6 Å². The molecule has 0 aliphatic carbocycles. The summed E-state index contributed by atoms with van der Waals surface area (Å²) in [4.78, 5) is 0. The minimum absolute atomic E-state index is 0.183. The highest BCUT2D eigenvalue weighted by atomic mass is 19.1. The van der Waals surface area contributed by atoms with Gasteiger partial charge in [0.2, 0.25) is 0 Å². The summed E-state index contributed by atoms with van der Waals surface area (Å²) in [5.74, 6) is -0.947.